The number of nitrogens with zero attached hydrogens (tertiary/aromatic N) is 1. The Morgan fingerprint density at radius 1 is 1.03 bits per heavy atom. The summed E-state index contributed by atoms with van der Waals surface area (Å²) < 4.78 is 33.4. The highest BCUT2D eigenvalue weighted by Crippen LogP contribution is 2.25. The highest BCUT2D eigenvalue weighted by molar-refractivity contribution is 7.92. The topological polar surface area (TPSA) is 121 Å². The molecule has 0 spiro atoms. The Hall–Kier alpha value is -3.85. The molecule has 8 nitrogen and oxygen atoms in total. The number of phenols is 1. The summed E-state index contributed by atoms with van der Waals surface area (Å²) in [5.41, 5.74) is 2.59. The molecule has 4 aromatic rings. The van der Waals surface area contributed by atoms with Crippen LogP contribution < -0.4 is 4.72 Å². The average Bonchev–Trinajstić information content (AvgIpc) is 3.17. The molecule has 3 N–H and O–H groups in total. The quantitative estimate of drug-likeness (QED) is 0.376. The second-order valence-electron chi connectivity index (χ2n) is 7.45. The number of nitrogens with one attached hydrogen (secondary N) is 2. The van der Waals surface area contributed by atoms with Crippen molar-refractivity contribution in [2.24, 2.45) is 0 Å². The standard InChI is InChI=1S/C23H21N3O5S/c1-14(2)31-23(28)16-3-7-17(8-4-16)26-32(29,30)19-11-12-20-21(13-19)25-22(24-20)15-5-9-18(27)10-6-15/h3-14,26-27H,1-2H3,(H,24,25). The number of anilines is 1. The van der Waals surface area contributed by atoms with Crippen LogP contribution in [0.25, 0.3) is 22.4 Å². The van der Waals surface area contributed by atoms with Crippen LogP contribution in [0.2, 0.25) is 0 Å². The number of hydrogen-bond donors (Lipinski definition) is 3. The van der Waals surface area contributed by atoms with Gasteiger partial charge in [-0.15, -0.1) is 0 Å². The van der Waals surface area contributed by atoms with Gasteiger partial charge in [0.2, 0.25) is 0 Å². The number of aromatic hydroxyl groups is 1. The van der Waals surface area contributed by atoms with Crippen molar-refractivity contribution in [1.82, 2.24) is 9.97 Å². The van der Waals surface area contributed by atoms with E-state index in [4.69, 9.17) is 4.74 Å². The van der Waals surface area contributed by atoms with Crippen LogP contribution in [0.5, 0.6) is 5.75 Å². The molecule has 0 amide bonds. The molecule has 0 fully saturated rings. The highest BCUT2D eigenvalue weighted by atomic mass is 32.2. The van der Waals surface area contributed by atoms with E-state index in [0.717, 1.165) is 5.56 Å². The van der Waals surface area contributed by atoms with Crippen LogP contribution in [-0.4, -0.2) is 35.6 Å². The van der Waals surface area contributed by atoms with Gasteiger partial charge in [0.15, 0.2) is 0 Å². The number of aromatic nitrogens is 2. The summed E-state index contributed by atoms with van der Waals surface area (Å²) >= 11 is 0. The van der Waals surface area contributed by atoms with E-state index in [2.05, 4.69) is 14.7 Å². The number of carbonyl (C=O) groups is 1. The molecule has 0 aliphatic rings. The monoisotopic (exact) mass is 451 g/mol. The maximum absolute atomic E-state index is 12.9. The number of ether oxygens (including phenoxy) is 1. The fourth-order valence-corrected chi connectivity index (χ4v) is 4.17. The largest absolute Gasteiger partial charge is 0.508 e. The summed E-state index contributed by atoms with van der Waals surface area (Å²) in [4.78, 5) is 19.6. The van der Waals surface area contributed by atoms with Crippen LogP contribution in [0.3, 0.4) is 0 Å². The predicted octanol–water partition coefficient (Wildman–Crippen LogP) is 4.30. The summed E-state index contributed by atoms with van der Waals surface area (Å²) in [6.07, 6.45) is -0.243. The van der Waals surface area contributed by atoms with Gasteiger partial charge in [0.1, 0.15) is 11.6 Å². The van der Waals surface area contributed by atoms with Gasteiger partial charge in [0.05, 0.1) is 27.6 Å². The van der Waals surface area contributed by atoms with Crippen molar-refractivity contribution < 1.29 is 23.1 Å². The Balaban J connectivity index is 1.56. The number of esters is 1. The molecule has 164 valence electrons. The molecular weight excluding hydrogens is 430 g/mol. The van der Waals surface area contributed by atoms with Crippen LogP contribution in [0.4, 0.5) is 5.69 Å². The Kier molecular flexibility index (Phi) is 5.58. The average molecular weight is 452 g/mol. The summed E-state index contributed by atoms with van der Waals surface area (Å²) in [5.74, 6) is 0.240. The zero-order valence-corrected chi connectivity index (χ0v) is 18.2. The molecule has 4 rings (SSSR count). The Morgan fingerprint density at radius 2 is 1.72 bits per heavy atom. The van der Waals surface area contributed by atoms with Gasteiger partial charge in [0, 0.05) is 11.3 Å². The molecule has 9 heteroatoms. The second-order valence-corrected chi connectivity index (χ2v) is 9.13. The van der Waals surface area contributed by atoms with Gasteiger partial charge in [0.25, 0.3) is 10.0 Å². The van der Waals surface area contributed by atoms with E-state index >= 15 is 0 Å². The van der Waals surface area contributed by atoms with E-state index < -0.39 is 16.0 Å². The van der Waals surface area contributed by atoms with Crippen molar-refractivity contribution in [1.29, 1.82) is 0 Å². The minimum atomic E-state index is -3.86. The number of imidazole rings is 1. The molecule has 0 bridgehead atoms. The van der Waals surface area contributed by atoms with Gasteiger partial charge < -0.3 is 14.8 Å². The van der Waals surface area contributed by atoms with Crippen molar-refractivity contribution in [3.63, 3.8) is 0 Å². The zero-order valence-electron chi connectivity index (χ0n) is 17.4. The van der Waals surface area contributed by atoms with Crippen LogP contribution >= 0.6 is 0 Å². The normalized spacial score (nSPS) is 11.6. The highest BCUT2D eigenvalue weighted by Gasteiger charge is 2.17. The lowest BCUT2D eigenvalue weighted by molar-refractivity contribution is 0.0378. The number of benzene rings is 3. The fourth-order valence-electron chi connectivity index (χ4n) is 3.08. The number of carbonyl (C=O) groups excluding carboxylic acids is 1. The Bertz CT molecular complexity index is 1380. The van der Waals surface area contributed by atoms with Crippen LogP contribution in [0.15, 0.2) is 71.6 Å². The Labute approximate surface area is 184 Å². The van der Waals surface area contributed by atoms with E-state index in [0.29, 0.717) is 28.1 Å². The lowest BCUT2D eigenvalue weighted by Gasteiger charge is -2.10. The minimum absolute atomic E-state index is 0.0641. The first-order valence-electron chi connectivity index (χ1n) is 9.84. The predicted molar refractivity (Wildman–Crippen MR) is 121 cm³/mol. The van der Waals surface area contributed by atoms with E-state index in [1.807, 2.05) is 0 Å². The summed E-state index contributed by atoms with van der Waals surface area (Å²) in [7, 11) is -3.86. The zero-order chi connectivity index (χ0) is 22.9. The van der Waals surface area contributed by atoms with E-state index in [9.17, 15) is 18.3 Å². The first-order chi connectivity index (χ1) is 15.2. The van der Waals surface area contributed by atoms with Gasteiger partial charge in [-0.3, -0.25) is 4.72 Å². The number of H-pyrrole nitrogens is 1. The molecule has 1 heterocycles. The molecule has 0 atom stereocenters. The van der Waals surface area contributed by atoms with Crippen molar-refractivity contribution in [2.45, 2.75) is 24.8 Å². The molecular formula is C23H21N3O5S. The van der Waals surface area contributed by atoms with Crippen molar-refractivity contribution in [3.05, 3.63) is 72.3 Å². The molecule has 0 saturated carbocycles. The minimum Gasteiger partial charge on any atom is -0.508 e. The lowest BCUT2D eigenvalue weighted by atomic mass is 10.2. The first kappa shape index (κ1) is 21.4. The van der Waals surface area contributed by atoms with Crippen molar-refractivity contribution in [2.75, 3.05) is 4.72 Å². The lowest BCUT2D eigenvalue weighted by Crippen LogP contribution is -2.14. The summed E-state index contributed by atoms with van der Waals surface area (Å²) in [5, 5.41) is 9.44. The fraction of sp³-hybridized carbons (Fsp3) is 0.130. The summed E-state index contributed by atoms with van der Waals surface area (Å²) in [6.45, 7) is 3.51. The molecule has 0 saturated heterocycles. The number of phenolic OH excluding ortho intramolecular Hbond substituents is 1. The van der Waals surface area contributed by atoms with Gasteiger partial charge in [-0.25, -0.2) is 18.2 Å². The number of aromatic amines is 1. The van der Waals surface area contributed by atoms with Crippen LogP contribution in [0.1, 0.15) is 24.2 Å². The third-order valence-electron chi connectivity index (χ3n) is 4.62. The second kappa shape index (κ2) is 8.35. The van der Waals surface area contributed by atoms with Crippen LogP contribution in [0, 0.1) is 0 Å². The number of fused-ring (bicyclic) bond motifs is 1. The maximum Gasteiger partial charge on any atom is 0.338 e. The smallest absolute Gasteiger partial charge is 0.338 e. The SMILES string of the molecule is CC(C)OC(=O)c1ccc(NS(=O)(=O)c2ccc3nc(-c4ccc(O)cc4)[nH]c3c2)cc1. The number of rotatable bonds is 6. The van der Waals surface area contributed by atoms with E-state index in [1.54, 1.807) is 44.2 Å². The molecule has 0 radical (unpaired) electrons. The molecule has 1 aromatic heterocycles. The maximum atomic E-state index is 12.9. The molecule has 0 unspecified atom stereocenters. The van der Waals surface area contributed by atoms with Gasteiger partial charge >= 0.3 is 5.97 Å². The third-order valence-corrected chi connectivity index (χ3v) is 6.00. The van der Waals surface area contributed by atoms with E-state index in [-0.39, 0.29) is 16.7 Å². The molecule has 32 heavy (non-hydrogen) atoms. The van der Waals surface area contributed by atoms with Crippen molar-refractivity contribution >= 4 is 32.7 Å². The Morgan fingerprint density at radius 3 is 2.38 bits per heavy atom. The molecule has 0 aliphatic heterocycles. The number of hydrogen-bond acceptors (Lipinski definition) is 6. The molecule has 3 aromatic carbocycles. The molecule has 0 aliphatic carbocycles. The van der Waals surface area contributed by atoms with E-state index in [1.165, 1.54) is 36.4 Å². The van der Waals surface area contributed by atoms with Gasteiger partial charge in [-0.1, -0.05) is 0 Å². The van der Waals surface area contributed by atoms with Gasteiger partial charge in [-0.05, 0) is 80.6 Å². The summed E-state index contributed by atoms with van der Waals surface area (Å²) in [6, 6.07) is 17.2. The first-order valence-corrected chi connectivity index (χ1v) is 11.3. The van der Waals surface area contributed by atoms with Crippen molar-refractivity contribution in [3.8, 4) is 17.1 Å². The number of sulfonamides is 1. The third kappa shape index (κ3) is 4.57. The van der Waals surface area contributed by atoms with Gasteiger partial charge in [-0.2, -0.15) is 0 Å². The van der Waals surface area contributed by atoms with Crippen LogP contribution in [-0.2, 0) is 14.8 Å².